The molecule has 152 valence electrons. The SMILES string of the molecule is COCCCOc1cc2c(cc1Cl)-c1cc(=O)c(C(O)O)cn1C(C(C)C)C2. The Labute approximate surface area is 169 Å². The minimum absolute atomic E-state index is 0.0259. The monoisotopic (exact) mass is 407 g/mol. The molecule has 1 aliphatic heterocycles. The van der Waals surface area contributed by atoms with Crippen LogP contribution >= 0.6 is 11.6 Å². The van der Waals surface area contributed by atoms with E-state index in [1.165, 1.54) is 6.07 Å². The Hall–Kier alpha value is -1.86. The number of halogens is 1. The highest BCUT2D eigenvalue weighted by molar-refractivity contribution is 6.32. The van der Waals surface area contributed by atoms with Gasteiger partial charge in [0.1, 0.15) is 5.75 Å². The van der Waals surface area contributed by atoms with Crippen LogP contribution in [0.4, 0.5) is 0 Å². The van der Waals surface area contributed by atoms with Crippen molar-refractivity contribution < 1.29 is 19.7 Å². The molecule has 0 amide bonds. The molecule has 2 N–H and O–H groups in total. The fraction of sp³-hybridized carbons (Fsp3) is 0.476. The number of benzene rings is 1. The normalized spacial score (nSPS) is 15.6. The lowest BCUT2D eigenvalue weighted by atomic mass is 9.87. The predicted molar refractivity (Wildman–Crippen MR) is 108 cm³/mol. The largest absolute Gasteiger partial charge is 0.492 e. The van der Waals surface area contributed by atoms with Gasteiger partial charge >= 0.3 is 0 Å². The van der Waals surface area contributed by atoms with E-state index >= 15 is 0 Å². The molecule has 0 radical (unpaired) electrons. The molecule has 2 heterocycles. The second kappa shape index (κ2) is 8.66. The van der Waals surface area contributed by atoms with Crippen LogP contribution in [0.15, 0.2) is 29.2 Å². The molecule has 1 atom stereocenters. The number of hydrogen-bond acceptors (Lipinski definition) is 5. The van der Waals surface area contributed by atoms with Gasteiger partial charge in [0.2, 0.25) is 0 Å². The smallest absolute Gasteiger partial charge is 0.190 e. The average molecular weight is 408 g/mol. The third-order valence-electron chi connectivity index (χ3n) is 5.13. The third kappa shape index (κ3) is 4.10. The second-order valence-electron chi connectivity index (χ2n) is 7.41. The van der Waals surface area contributed by atoms with Crippen molar-refractivity contribution in [3.05, 3.63) is 50.8 Å². The zero-order valence-corrected chi connectivity index (χ0v) is 17.1. The van der Waals surface area contributed by atoms with Gasteiger partial charge in [0.25, 0.3) is 0 Å². The van der Waals surface area contributed by atoms with Gasteiger partial charge in [-0.05, 0) is 30.0 Å². The molecule has 6 nitrogen and oxygen atoms in total. The zero-order chi connectivity index (χ0) is 20.4. The first-order valence-corrected chi connectivity index (χ1v) is 9.78. The number of nitrogens with zero attached hydrogens (tertiary/aromatic N) is 1. The number of aliphatic hydroxyl groups excluding tert-OH is 1. The number of aromatic nitrogens is 1. The van der Waals surface area contributed by atoms with Crippen molar-refractivity contribution in [2.45, 2.75) is 39.0 Å². The number of pyridine rings is 1. The molecule has 0 saturated carbocycles. The molecule has 28 heavy (non-hydrogen) atoms. The van der Waals surface area contributed by atoms with E-state index in [0.717, 1.165) is 29.7 Å². The fourth-order valence-electron chi connectivity index (χ4n) is 3.63. The standard InChI is InChI=1S/C21H26ClNO5/c1-12(2)17-7-13-8-20(28-6-4-5-27-3)16(22)9-14(13)18-10-19(24)15(21(25)26)11-23(17)18/h8-12,17,21,25-26H,4-7H2,1-3H3. The molecule has 0 bridgehead atoms. The molecule has 1 aromatic carbocycles. The maximum atomic E-state index is 12.4. The van der Waals surface area contributed by atoms with Crippen LogP contribution in [0.3, 0.4) is 0 Å². The average Bonchev–Trinajstić information content (AvgIpc) is 2.64. The van der Waals surface area contributed by atoms with Gasteiger partial charge in [-0.1, -0.05) is 25.4 Å². The molecule has 2 aromatic rings. The van der Waals surface area contributed by atoms with E-state index in [0.29, 0.717) is 24.0 Å². The van der Waals surface area contributed by atoms with Crippen LogP contribution in [-0.2, 0) is 11.2 Å². The van der Waals surface area contributed by atoms with Crippen molar-refractivity contribution in [3.8, 4) is 17.0 Å². The molecular weight excluding hydrogens is 382 g/mol. The van der Waals surface area contributed by atoms with E-state index in [9.17, 15) is 15.0 Å². The summed E-state index contributed by atoms with van der Waals surface area (Å²) < 4.78 is 12.8. The number of hydrogen-bond donors (Lipinski definition) is 2. The molecule has 0 aliphatic carbocycles. The van der Waals surface area contributed by atoms with Gasteiger partial charge in [-0.25, -0.2) is 0 Å². The summed E-state index contributed by atoms with van der Waals surface area (Å²) >= 11 is 6.44. The molecule has 0 saturated heterocycles. The van der Waals surface area contributed by atoms with Gasteiger partial charge in [0.05, 0.1) is 22.9 Å². The molecule has 1 aliphatic rings. The summed E-state index contributed by atoms with van der Waals surface area (Å²) in [5, 5.41) is 19.5. The maximum absolute atomic E-state index is 12.4. The van der Waals surface area contributed by atoms with Gasteiger partial charge in [0.15, 0.2) is 11.7 Å². The minimum Gasteiger partial charge on any atom is -0.492 e. The van der Waals surface area contributed by atoms with E-state index in [1.54, 1.807) is 13.3 Å². The first kappa shape index (κ1) is 20.9. The number of methoxy groups -OCH3 is 1. The van der Waals surface area contributed by atoms with Gasteiger partial charge in [-0.15, -0.1) is 0 Å². The summed E-state index contributed by atoms with van der Waals surface area (Å²) in [5.41, 5.74) is 2.21. The first-order chi connectivity index (χ1) is 13.3. The number of rotatable bonds is 7. The van der Waals surface area contributed by atoms with Crippen molar-refractivity contribution in [1.82, 2.24) is 4.57 Å². The highest BCUT2D eigenvalue weighted by Crippen LogP contribution is 2.41. The van der Waals surface area contributed by atoms with Gasteiger partial charge in [0, 0.05) is 44.0 Å². The summed E-state index contributed by atoms with van der Waals surface area (Å²) in [4.78, 5) is 12.4. The maximum Gasteiger partial charge on any atom is 0.190 e. The third-order valence-corrected chi connectivity index (χ3v) is 5.42. The van der Waals surface area contributed by atoms with Crippen LogP contribution < -0.4 is 10.2 Å². The summed E-state index contributed by atoms with van der Waals surface area (Å²) in [5.74, 6) is 0.900. The van der Waals surface area contributed by atoms with Crippen LogP contribution in [0.25, 0.3) is 11.3 Å². The van der Waals surface area contributed by atoms with E-state index < -0.39 is 11.7 Å². The predicted octanol–water partition coefficient (Wildman–Crippen LogP) is 3.32. The van der Waals surface area contributed by atoms with Crippen LogP contribution in [0, 0.1) is 5.92 Å². The van der Waals surface area contributed by atoms with E-state index in [2.05, 4.69) is 13.8 Å². The fourth-order valence-corrected chi connectivity index (χ4v) is 3.85. The van der Waals surface area contributed by atoms with Crippen LogP contribution in [-0.4, -0.2) is 35.1 Å². The van der Waals surface area contributed by atoms with Crippen molar-refractivity contribution in [2.24, 2.45) is 5.92 Å². The lowest BCUT2D eigenvalue weighted by Gasteiger charge is -2.34. The molecule has 0 fully saturated rings. The van der Waals surface area contributed by atoms with Crippen LogP contribution in [0.2, 0.25) is 5.02 Å². The highest BCUT2D eigenvalue weighted by Gasteiger charge is 2.28. The highest BCUT2D eigenvalue weighted by atomic mass is 35.5. The van der Waals surface area contributed by atoms with Crippen LogP contribution in [0.5, 0.6) is 5.75 Å². The Bertz CT molecular complexity index is 906. The molecule has 0 spiro atoms. The van der Waals surface area contributed by atoms with Gasteiger partial charge in [-0.2, -0.15) is 0 Å². The summed E-state index contributed by atoms with van der Waals surface area (Å²) in [7, 11) is 1.65. The molecule has 7 heteroatoms. The summed E-state index contributed by atoms with van der Waals surface area (Å²) in [6.45, 7) is 5.33. The van der Waals surface area contributed by atoms with Crippen LogP contribution in [0.1, 0.15) is 43.7 Å². The van der Waals surface area contributed by atoms with E-state index in [1.807, 2.05) is 16.7 Å². The van der Waals surface area contributed by atoms with Crippen molar-refractivity contribution in [1.29, 1.82) is 0 Å². The molecule has 3 rings (SSSR count). The summed E-state index contributed by atoms with van der Waals surface area (Å²) in [6.07, 6.45) is 1.25. The van der Waals surface area contributed by atoms with Crippen molar-refractivity contribution in [2.75, 3.05) is 20.3 Å². The topological polar surface area (TPSA) is 80.9 Å². The zero-order valence-electron chi connectivity index (χ0n) is 16.3. The Morgan fingerprint density at radius 1 is 1.25 bits per heavy atom. The molecular formula is C21H26ClNO5. The first-order valence-electron chi connectivity index (χ1n) is 9.40. The van der Waals surface area contributed by atoms with Gasteiger partial charge < -0.3 is 24.3 Å². The van der Waals surface area contributed by atoms with Crippen molar-refractivity contribution >= 4 is 11.6 Å². The lowest BCUT2D eigenvalue weighted by molar-refractivity contribution is -0.0438. The second-order valence-corrected chi connectivity index (χ2v) is 7.82. The number of aliphatic hydroxyl groups is 2. The Kier molecular flexibility index (Phi) is 6.45. The number of ether oxygens (including phenoxy) is 2. The minimum atomic E-state index is -1.80. The van der Waals surface area contributed by atoms with Gasteiger partial charge in [-0.3, -0.25) is 4.79 Å². The summed E-state index contributed by atoms with van der Waals surface area (Å²) in [6, 6.07) is 5.29. The Morgan fingerprint density at radius 2 is 2.00 bits per heavy atom. The molecule has 1 aromatic heterocycles. The van der Waals surface area contributed by atoms with E-state index in [4.69, 9.17) is 21.1 Å². The van der Waals surface area contributed by atoms with Crippen molar-refractivity contribution in [3.63, 3.8) is 0 Å². The van der Waals surface area contributed by atoms with E-state index in [-0.39, 0.29) is 17.5 Å². The quantitative estimate of drug-likeness (QED) is 0.543. The number of fused-ring (bicyclic) bond motifs is 3. The lowest BCUT2D eigenvalue weighted by Crippen LogP contribution is -2.27. The molecule has 1 unspecified atom stereocenters. The Balaban J connectivity index is 2.06. The Morgan fingerprint density at radius 3 is 2.64 bits per heavy atom.